The number of nitrogens with zero attached hydrogens (tertiary/aromatic N) is 3. The van der Waals surface area contributed by atoms with Crippen LogP contribution in [0.2, 0.25) is 0 Å². The number of piperazine rings is 1. The molecule has 2 aromatic carbocycles. The van der Waals surface area contributed by atoms with Crippen LogP contribution in [-0.4, -0.2) is 58.0 Å². The molecule has 1 saturated carbocycles. The third-order valence-corrected chi connectivity index (χ3v) is 8.93. The zero-order valence-electron chi connectivity index (χ0n) is 24.2. The SMILES string of the molecule is CCc1cccc2c(C(=O)N3CCN(CC)CC3)cn(CC3CCCCC3)c12.CCc1cccc2cc[nH]c12. The number of likely N-dealkylation sites (N-methyl/N-ethyl adjacent to an activating group) is 1. The van der Waals surface area contributed by atoms with Crippen LogP contribution < -0.4 is 0 Å². The number of amides is 1. The maximum atomic E-state index is 13.4. The first-order valence-corrected chi connectivity index (χ1v) is 15.3. The van der Waals surface area contributed by atoms with Crippen LogP contribution in [0.25, 0.3) is 21.8 Å². The van der Waals surface area contributed by atoms with Crippen molar-refractivity contribution in [2.45, 2.75) is 72.3 Å². The van der Waals surface area contributed by atoms with Gasteiger partial charge in [-0.1, -0.05) is 76.4 Å². The average molecular weight is 527 g/mol. The number of aryl methyl sites for hydroxylation is 2. The molecule has 0 unspecified atom stereocenters. The molecule has 1 amide bonds. The van der Waals surface area contributed by atoms with Crippen molar-refractivity contribution >= 4 is 27.7 Å². The largest absolute Gasteiger partial charge is 0.361 e. The van der Waals surface area contributed by atoms with E-state index in [1.807, 2.05) is 6.20 Å². The summed E-state index contributed by atoms with van der Waals surface area (Å²) < 4.78 is 2.42. The van der Waals surface area contributed by atoms with Crippen LogP contribution in [0.3, 0.4) is 0 Å². The molecule has 2 aromatic heterocycles. The van der Waals surface area contributed by atoms with E-state index in [4.69, 9.17) is 0 Å². The lowest BCUT2D eigenvalue weighted by molar-refractivity contribution is 0.0645. The first-order chi connectivity index (χ1) is 19.1. The molecule has 6 rings (SSSR count). The number of benzene rings is 2. The molecule has 5 heteroatoms. The van der Waals surface area contributed by atoms with Crippen LogP contribution in [0.1, 0.15) is 74.4 Å². The summed E-state index contributed by atoms with van der Waals surface area (Å²) in [5.41, 5.74) is 6.25. The lowest BCUT2D eigenvalue weighted by Crippen LogP contribution is -2.48. The van der Waals surface area contributed by atoms with Gasteiger partial charge in [0.15, 0.2) is 0 Å². The third-order valence-electron chi connectivity index (χ3n) is 8.93. The summed E-state index contributed by atoms with van der Waals surface area (Å²) in [6.07, 6.45) is 13.0. The Balaban J connectivity index is 0.000000233. The molecule has 2 fully saturated rings. The molecule has 0 atom stereocenters. The van der Waals surface area contributed by atoms with Crippen LogP contribution in [0.15, 0.2) is 54.9 Å². The van der Waals surface area contributed by atoms with Gasteiger partial charge in [0.25, 0.3) is 5.91 Å². The number of aromatic nitrogens is 2. The highest BCUT2D eigenvalue weighted by Gasteiger charge is 2.26. The number of hydrogen-bond acceptors (Lipinski definition) is 2. The molecule has 2 aliphatic rings. The van der Waals surface area contributed by atoms with E-state index < -0.39 is 0 Å². The minimum atomic E-state index is 0.219. The number of rotatable bonds is 6. The Kier molecular flexibility index (Phi) is 9.08. The van der Waals surface area contributed by atoms with Crippen molar-refractivity contribution in [1.82, 2.24) is 19.4 Å². The molecule has 1 saturated heterocycles. The molecular weight excluding hydrogens is 480 g/mol. The van der Waals surface area contributed by atoms with E-state index in [0.717, 1.165) is 69.0 Å². The quantitative estimate of drug-likeness (QED) is 0.287. The molecule has 208 valence electrons. The van der Waals surface area contributed by atoms with Gasteiger partial charge in [-0.05, 0) is 60.7 Å². The number of carbonyl (C=O) groups is 1. The van der Waals surface area contributed by atoms with Crippen molar-refractivity contribution in [3.05, 3.63) is 71.5 Å². The van der Waals surface area contributed by atoms with Gasteiger partial charge >= 0.3 is 0 Å². The number of nitrogens with one attached hydrogen (secondary N) is 1. The van der Waals surface area contributed by atoms with Crippen LogP contribution in [0.4, 0.5) is 0 Å². The Bertz CT molecular complexity index is 1370. The average Bonchev–Trinajstić information content (AvgIpc) is 3.63. The summed E-state index contributed by atoms with van der Waals surface area (Å²) in [5, 5.41) is 2.46. The Morgan fingerprint density at radius 2 is 1.59 bits per heavy atom. The summed E-state index contributed by atoms with van der Waals surface area (Å²) in [6.45, 7) is 12.4. The van der Waals surface area contributed by atoms with Gasteiger partial charge < -0.3 is 19.4 Å². The molecule has 1 aliphatic carbocycles. The second-order valence-corrected chi connectivity index (χ2v) is 11.3. The van der Waals surface area contributed by atoms with Crippen molar-refractivity contribution in [2.24, 2.45) is 5.92 Å². The van der Waals surface area contributed by atoms with Crippen LogP contribution in [0, 0.1) is 5.92 Å². The van der Waals surface area contributed by atoms with Gasteiger partial charge in [0, 0.05) is 56.0 Å². The van der Waals surface area contributed by atoms with Crippen molar-refractivity contribution in [3.8, 4) is 0 Å². The lowest BCUT2D eigenvalue weighted by atomic mass is 9.89. The maximum absolute atomic E-state index is 13.4. The molecule has 39 heavy (non-hydrogen) atoms. The van der Waals surface area contributed by atoms with Crippen LogP contribution >= 0.6 is 0 Å². The summed E-state index contributed by atoms with van der Waals surface area (Å²) in [7, 11) is 0. The van der Waals surface area contributed by atoms with E-state index in [2.05, 4.69) is 88.8 Å². The van der Waals surface area contributed by atoms with Gasteiger partial charge in [-0.25, -0.2) is 0 Å². The minimum absolute atomic E-state index is 0.219. The van der Waals surface area contributed by atoms with E-state index in [9.17, 15) is 4.79 Å². The number of aromatic amines is 1. The fourth-order valence-electron chi connectivity index (χ4n) is 6.57. The number of hydrogen-bond donors (Lipinski definition) is 1. The van der Waals surface area contributed by atoms with Gasteiger partial charge in [-0.15, -0.1) is 0 Å². The van der Waals surface area contributed by atoms with Gasteiger partial charge in [0.2, 0.25) is 0 Å². The number of H-pyrrole nitrogens is 1. The Labute approximate surface area is 234 Å². The first-order valence-electron chi connectivity index (χ1n) is 15.3. The second-order valence-electron chi connectivity index (χ2n) is 11.3. The second kappa shape index (κ2) is 12.9. The molecule has 0 spiro atoms. The van der Waals surface area contributed by atoms with Crippen molar-refractivity contribution in [3.63, 3.8) is 0 Å². The molecule has 1 N–H and O–H groups in total. The first kappa shape index (κ1) is 27.5. The third kappa shape index (κ3) is 6.09. The smallest absolute Gasteiger partial charge is 0.256 e. The number of para-hydroxylation sites is 2. The van der Waals surface area contributed by atoms with E-state index >= 15 is 0 Å². The zero-order chi connectivity index (χ0) is 27.2. The lowest BCUT2D eigenvalue weighted by Gasteiger charge is -2.34. The predicted molar refractivity (Wildman–Crippen MR) is 164 cm³/mol. The standard InChI is InChI=1S/C24H35N3O.C10H11N/c1-3-20-11-8-12-21-22(24(28)26-15-13-25(4-2)14-16-26)18-27(23(20)21)17-19-9-6-5-7-10-19;1-2-8-4-3-5-9-6-7-11-10(8)9/h8,11-12,18-19H,3-7,9-10,13-17H2,1-2H3;3-7,11H,2H2,1H3. The molecule has 4 aromatic rings. The van der Waals surface area contributed by atoms with Gasteiger partial charge in [-0.2, -0.15) is 0 Å². The van der Waals surface area contributed by atoms with Crippen LogP contribution in [-0.2, 0) is 19.4 Å². The molecule has 5 nitrogen and oxygen atoms in total. The molecule has 3 heterocycles. The fourth-order valence-corrected chi connectivity index (χ4v) is 6.57. The fraction of sp³-hybridized carbons (Fsp3) is 0.500. The van der Waals surface area contributed by atoms with Crippen molar-refractivity contribution in [2.75, 3.05) is 32.7 Å². The highest BCUT2D eigenvalue weighted by Crippen LogP contribution is 2.31. The molecular formula is C34H46N4O. The summed E-state index contributed by atoms with van der Waals surface area (Å²) in [5.74, 6) is 0.974. The maximum Gasteiger partial charge on any atom is 0.256 e. The van der Waals surface area contributed by atoms with E-state index in [-0.39, 0.29) is 5.91 Å². The predicted octanol–water partition coefficient (Wildman–Crippen LogP) is 7.29. The minimum Gasteiger partial charge on any atom is -0.361 e. The summed E-state index contributed by atoms with van der Waals surface area (Å²) in [6, 6.07) is 15.0. The van der Waals surface area contributed by atoms with Gasteiger partial charge in [0.05, 0.1) is 11.1 Å². The zero-order valence-corrected chi connectivity index (χ0v) is 24.2. The van der Waals surface area contributed by atoms with Crippen LogP contribution in [0.5, 0.6) is 0 Å². The summed E-state index contributed by atoms with van der Waals surface area (Å²) in [4.78, 5) is 21.1. The normalized spacial score (nSPS) is 16.9. The van der Waals surface area contributed by atoms with Crippen molar-refractivity contribution in [1.29, 1.82) is 0 Å². The molecule has 0 radical (unpaired) electrons. The highest BCUT2D eigenvalue weighted by molar-refractivity contribution is 6.07. The van der Waals surface area contributed by atoms with E-state index in [1.165, 1.54) is 59.7 Å². The summed E-state index contributed by atoms with van der Waals surface area (Å²) >= 11 is 0. The molecule has 1 aliphatic heterocycles. The Morgan fingerprint density at radius 1 is 0.872 bits per heavy atom. The van der Waals surface area contributed by atoms with E-state index in [1.54, 1.807) is 0 Å². The number of fused-ring (bicyclic) bond motifs is 2. The van der Waals surface area contributed by atoms with Crippen molar-refractivity contribution < 1.29 is 4.79 Å². The molecule has 0 bridgehead atoms. The topological polar surface area (TPSA) is 44.3 Å². The van der Waals surface area contributed by atoms with E-state index in [0.29, 0.717) is 0 Å². The van der Waals surface area contributed by atoms with Gasteiger partial charge in [0.1, 0.15) is 0 Å². The van der Waals surface area contributed by atoms with Gasteiger partial charge in [-0.3, -0.25) is 4.79 Å². The monoisotopic (exact) mass is 526 g/mol. The Morgan fingerprint density at radius 3 is 2.31 bits per heavy atom. The Hall–Kier alpha value is -3.05. The number of carbonyl (C=O) groups excluding carboxylic acids is 1. The highest BCUT2D eigenvalue weighted by atomic mass is 16.2.